The Balaban J connectivity index is 1.81. The van der Waals surface area contributed by atoms with E-state index in [9.17, 15) is 19.1 Å². The SMILES string of the molecule is CCCOc1cccc(/C(O)=C2/C(=O)C(=O)N(Cc3ccccn3)C2c2ccc(F)cc2)c1. The van der Waals surface area contributed by atoms with E-state index in [-0.39, 0.29) is 17.9 Å². The van der Waals surface area contributed by atoms with Crippen molar-refractivity contribution in [3.05, 3.63) is 101 Å². The highest BCUT2D eigenvalue weighted by Crippen LogP contribution is 2.40. The summed E-state index contributed by atoms with van der Waals surface area (Å²) in [6.45, 7) is 2.55. The van der Waals surface area contributed by atoms with Crippen molar-refractivity contribution in [2.75, 3.05) is 6.61 Å². The zero-order valence-electron chi connectivity index (χ0n) is 18.1. The maximum Gasteiger partial charge on any atom is 0.296 e. The molecule has 0 aliphatic carbocycles. The third kappa shape index (κ3) is 4.62. The van der Waals surface area contributed by atoms with Gasteiger partial charge in [0.25, 0.3) is 11.7 Å². The van der Waals surface area contributed by atoms with Gasteiger partial charge in [0, 0.05) is 11.8 Å². The lowest BCUT2D eigenvalue weighted by Gasteiger charge is -2.25. The van der Waals surface area contributed by atoms with E-state index in [0.29, 0.717) is 29.2 Å². The number of amides is 1. The second-order valence-electron chi connectivity index (χ2n) is 7.68. The Hall–Kier alpha value is -4.00. The van der Waals surface area contributed by atoms with Crippen molar-refractivity contribution in [1.82, 2.24) is 9.88 Å². The number of rotatable bonds is 7. The Morgan fingerprint density at radius 2 is 1.88 bits per heavy atom. The third-order valence-electron chi connectivity index (χ3n) is 5.36. The van der Waals surface area contributed by atoms with E-state index in [2.05, 4.69) is 4.98 Å². The number of aromatic nitrogens is 1. The maximum absolute atomic E-state index is 13.6. The fraction of sp³-hybridized carbons (Fsp3) is 0.192. The van der Waals surface area contributed by atoms with Crippen LogP contribution in [0.15, 0.2) is 78.5 Å². The first kappa shape index (κ1) is 22.2. The molecule has 168 valence electrons. The summed E-state index contributed by atoms with van der Waals surface area (Å²) >= 11 is 0. The number of aliphatic hydroxyl groups excluding tert-OH is 1. The minimum Gasteiger partial charge on any atom is -0.507 e. The molecule has 3 aromatic rings. The molecule has 7 heteroatoms. The van der Waals surface area contributed by atoms with E-state index < -0.39 is 23.5 Å². The number of halogens is 1. The lowest BCUT2D eigenvalue weighted by atomic mass is 9.95. The zero-order chi connectivity index (χ0) is 23.4. The highest BCUT2D eigenvalue weighted by molar-refractivity contribution is 6.46. The van der Waals surface area contributed by atoms with Crippen molar-refractivity contribution in [2.24, 2.45) is 0 Å². The molecule has 1 aliphatic rings. The summed E-state index contributed by atoms with van der Waals surface area (Å²) in [6.07, 6.45) is 2.42. The Kier molecular flexibility index (Phi) is 6.49. The molecule has 4 rings (SSSR count). The molecular formula is C26H23FN2O4. The van der Waals surface area contributed by atoms with Crippen LogP contribution in [-0.4, -0.2) is 33.3 Å². The maximum atomic E-state index is 13.6. The molecule has 1 amide bonds. The van der Waals surface area contributed by atoms with Crippen LogP contribution in [0.1, 0.15) is 36.2 Å². The van der Waals surface area contributed by atoms with E-state index in [1.165, 1.54) is 29.2 Å². The lowest BCUT2D eigenvalue weighted by Crippen LogP contribution is -2.29. The van der Waals surface area contributed by atoms with Crippen molar-refractivity contribution in [2.45, 2.75) is 25.9 Å². The number of aliphatic hydroxyl groups is 1. The number of carbonyl (C=O) groups is 2. The average molecular weight is 446 g/mol. The summed E-state index contributed by atoms with van der Waals surface area (Å²) in [5.74, 6) is -1.77. The minimum absolute atomic E-state index is 0.0594. The Morgan fingerprint density at radius 1 is 1.09 bits per heavy atom. The van der Waals surface area contributed by atoms with E-state index in [1.54, 1.807) is 48.7 Å². The first-order chi connectivity index (χ1) is 16.0. The van der Waals surface area contributed by atoms with Crippen LogP contribution in [0, 0.1) is 5.82 Å². The third-order valence-corrected chi connectivity index (χ3v) is 5.36. The fourth-order valence-corrected chi connectivity index (χ4v) is 3.81. The van der Waals surface area contributed by atoms with Crippen molar-refractivity contribution in [3.63, 3.8) is 0 Å². The predicted octanol–water partition coefficient (Wildman–Crippen LogP) is 4.63. The summed E-state index contributed by atoms with van der Waals surface area (Å²) in [4.78, 5) is 31.7. The molecule has 2 aromatic carbocycles. The van der Waals surface area contributed by atoms with Gasteiger partial charge < -0.3 is 14.7 Å². The standard InChI is InChI=1S/C26H23FN2O4/c1-2-14-33-21-8-5-6-18(15-21)24(30)22-23(17-9-11-19(27)12-10-17)29(26(32)25(22)31)16-20-7-3-4-13-28-20/h3-13,15,23,30H,2,14,16H2,1H3/b24-22-. The Morgan fingerprint density at radius 3 is 2.58 bits per heavy atom. The van der Waals surface area contributed by atoms with Gasteiger partial charge in [0.1, 0.15) is 17.3 Å². The monoisotopic (exact) mass is 446 g/mol. The van der Waals surface area contributed by atoms with Crippen molar-refractivity contribution in [3.8, 4) is 5.75 Å². The number of ketones is 1. The number of pyridine rings is 1. The normalized spacial score (nSPS) is 17.4. The van der Waals surface area contributed by atoms with Crippen LogP contribution >= 0.6 is 0 Å². The van der Waals surface area contributed by atoms with Crippen LogP contribution in [0.4, 0.5) is 4.39 Å². The summed E-state index contributed by atoms with van der Waals surface area (Å²) in [5.41, 5.74) is 1.38. The molecule has 1 atom stereocenters. The minimum atomic E-state index is -0.896. The molecule has 1 unspecified atom stereocenters. The summed E-state index contributed by atoms with van der Waals surface area (Å²) in [7, 11) is 0. The molecule has 33 heavy (non-hydrogen) atoms. The van der Waals surface area contributed by atoms with E-state index in [1.807, 2.05) is 6.92 Å². The largest absolute Gasteiger partial charge is 0.507 e. The molecular weight excluding hydrogens is 423 g/mol. The molecule has 0 bridgehead atoms. The smallest absolute Gasteiger partial charge is 0.296 e. The summed E-state index contributed by atoms with van der Waals surface area (Å²) in [5, 5.41) is 11.2. The number of Topliss-reactive ketones (excluding diaryl/α,β-unsaturated/α-hetero) is 1. The van der Waals surface area contributed by atoms with E-state index in [0.717, 1.165) is 6.42 Å². The zero-order valence-corrected chi connectivity index (χ0v) is 18.1. The molecule has 1 aromatic heterocycles. The van der Waals surface area contributed by atoms with Crippen LogP contribution < -0.4 is 4.74 Å². The molecule has 1 fully saturated rings. The summed E-state index contributed by atoms with van der Waals surface area (Å²) in [6, 6.07) is 16.6. The van der Waals surface area contributed by atoms with Gasteiger partial charge in [-0.3, -0.25) is 14.6 Å². The highest BCUT2D eigenvalue weighted by Gasteiger charge is 2.46. The topological polar surface area (TPSA) is 79.7 Å². The molecule has 1 saturated heterocycles. The second kappa shape index (κ2) is 9.65. The molecule has 1 aliphatic heterocycles. The Bertz CT molecular complexity index is 1190. The van der Waals surface area contributed by atoms with Crippen LogP contribution in [0.2, 0.25) is 0 Å². The van der Waals surface area contributed by atoms with Crippen LogP contribution in [0.3, 0.4) is 0 Å². The van der Waals surface area contributed by atoms with Gasteiger partial charge in [-0.05, 0) is 48.4 Å². The highest BCUT2D eigenvalue weighted by atomic mass is 19.1. The molecule has 0 radical (unpaired) electrons. The molecule has 2 heterocycles. The Labute approximate surface area is 191 Å². The lowest BCUT2D eigenvalue weighted by molar-refractivity contribution is -0.140. The quantitative estimate of drug-likeness (QED) is 0.325. The number of hydrogen-bond donors (Lipinski definition) is 1. The molecule has 0 saturated carbocycles. The first-order valence-corrected chi connectivity index (χ1v) is 10.7. The molecule has 1 N–H and O–H groups in total. The van der Waals surface area contributed by atoms with Crippen LogP contribution in [-0.2, 0) is 16.1 Å². The molecule has 6 nitrogen and oxygen atoms in total. The van der Waals surface area contributed by atoms with Gasteiger partial charge in [0.05, 0.1) is 30.5 Å². The van der Waals surface area contributed by atoms with Gasteiger partial charge in [-0.2, -0.15) is 0 Å². The predicted molar refractivity (Wildman–Crippen MR) is 121 cm³/mol. The fourth-order valence-electron chi connectivity index (χ4n) is 3.81. The number of nitrogens with zero attached hydrogens (tertiary/aromatic N) is 2. The van der Waals surface area contributed by atoms with E-state index in [4.69, 9.17) is 4.74 Å². The van der Waals surface area contributed by atoms with E-state index >= 15 is 0 Å². The van der Waals surface area contributed by atoms with Crippen molar-refractivity contribution in [1.29, 1.82) is 0 Å². The van der Waals surface area contributed by atoms with Gasteiger partial charge >= 0.3 is 0 Å². The number of likely N-dealkylation sites (tertiary alicyclic amines) is 1. The number of carbonyl (C=O) groups excluding carboxylic acids is 2. The first-order valence-electron chi connectivity index (χ1n) is 10.7. The number of benzene rings is 2. The summed E-state index contributed by atoms with van der Waals surface area (Å²) < 4.78 is 19.2. The van der Waals surface area contributed by atoms with Gasteiger partial charge in [0.15, 0.2) is 0 Å². The van der Waals surface area contributed by atoms with Gasteiger partial charge in [0.2, 0.25) is 0 Å². The van der Waals surface area contributed by atoms with Crippen molar-refractivity contribution >= 4 is 17.4 Å². The van der Waals surface area contributed by atoms with Crippen LogP contribution in [0.5, 0.6) is 5.75 Å². The average Bonchev–Trinajstić information content (AvgIpc) is 3.08. The van der Waals surface area contributed by atoms with Gasteiger partial charge in [-0.15, -0.1) is 0 Å². The van der Waals surface area contributed by atoms with Crippen LogP contribution in [0.25, 0.3) is 5.76 Å². The van der Waals surface area contributed by atoms with Gasteiger partial charge in [-0.1, -0.05) is 37.3 Å². The number of ether oxygens (including phenoxy) is 1. The van der Waals surface area contributed by atoms with Gasteiger partial charge in [-0.25, -0.2) is 4.39 Å². The molecule has 0 spiro atoms. The second-order valence-corrected chi connectivity index (χ2v) is 7.68. The van der Waals surface area contributed by atoms with Crippen molar-refractivity contribution < 1.29 is 23.8 Å². The number of hydrogen-bond acceptors (Lipinski definition) is 5.